The molecule has 106 valence electrons. The Balaban J connectivity index is 2.27. The van der Waals surface area contributed by atoms with Crippen LogP contribution in [0.25, 0.3) is 0 Å². The Kier molecular flexibility index (Phi) is 3.97. The van der Waals surface area contributed by atoms with E-state index >= 15 is 0 Å². The van der Waals surface area contributed by atoms with Gasteiger partial charge in [-0.05, 0) is 25.3 Å². The summed E-state index contributed by atoms with van der Waals surface area (Å²) in [6.07, 6.45) is 1.91. The van der Waals surface area contributed by atoms with Crippen LogP contribution in [0.3, 0.4) is 0 Å². The number of carbonyl (C=O) groups excluding carboxylic acids is 1. The number of piperidine rings is 1. The lowest BCUT2D eigenvalue weighted by Gasteiger charge is -2.32. The Morgan fingerprint density at radius 2 is 2.10 bits per heavy atom. The minimum Gasteiger partial charge on any atom is -0.480 e. The quantitative estimate of drug-likeness (QED) is 0.669. The molecule has 2 rings (SSSR count). The largest absolute Gasteiger partial charge is 0.480 e. The standard InChI is InChI=1S/C13H14N2O5/c16-12(9-4-3-5-10(8-9)15(19)20)14-7-2-1-6-11(14)13(17)18/h3-5,8,11H,1-2,6-7H2,(H,17,18)/t11-/m0/s1. The number of nitrogens with zero attached hydrogens (tertiary/aromatic N) is 2. The number of carboxylic acids is 1. The van der Waals surface area contributed by atoms with E-state index in [0.717, 1.165) is 12.8 Å². The Morgan fingerprint density at radius 3 is 2.75 bits per heavy atom. The van der Waals surface area contributed by atoms with E-state index in [1.807, 2.05) is 0 Å². The van der Waals surface area contributed by atoms with Crippen LogP contribution in [-0.2, 0) is 4.79 Å². The lowest BCUT2D eigenvalue weighted by atomic mass is 10.0. The zero-order chi connectivity index (χ0) is 14.7. The molecule has 0 aliphatic carbocycles. The van der Waals surface area contributed by atoms with Crippen molar-refractivity contribution in [2.75, 3.05) is 6.54 Å². The number of carbonyl (C=O) groups is 2. The topological polar surface area (TPSA) is 101 Å². The van der Waals surface area contributed by atoms with Gasteiger partial charge in [-0.3, -0.25) is 14.9 Å². The van der Waals surface area contributed by atoms with E-state index in [1.54, 1.807) is 0 Å². The third-order valence-electron chi connectivity index (χ3n) is 3.35. The predicted molar refractivity (Wildman–Crippen MR) is 69.4 cm³/mol. The first-order valence-corrected chi connectivity index (χ1v) is 6.29. The lowest BCUT2D eigenvalue weighted by molar-refractivity contribution is -0.384. The van der Waals surface area contributed by atoms with E-state index < -0.39 is 22.8 Å². The highest BCUT2D eigenvalue weighted by atomic mass is 16.6. The van der Waals surface area contributed by atoms with Gasteiger partial charge >= 0.3 is 5.97 Å². The molecular formula is C13H14N2O5. The number of non-ortho nitro benzene ring substituents is 1. The van der Waals surface area contributed by atoms with Crippen molar-refractivity contribution >= 4 is 17.6 Å². The summed E-state index contributed by atoms with van der Waals surface area (Å²) in [5.74, 6) is -1.51. The number of nitro groups is 1. The fourth-order valence-electron chi connectivity index (χ4n) is 2.35. The van der Waals surface area contributed by atoms with Crippen molar-refractivity contribution < 1.29 is 19.6 Å². The van der Waals surface area contributed by atoms with Crippen LogP contribution < -0.4 is 0 Å². The first-order valence-electron chi connectivity index (χ1n) is 6.29. The third kappa shape index (κ3) is 2.76. The molecule has 1 aromatic carbocycles. The lowest BCUT2D eigenvalue weighted by Crippen LogP contribution is -2.47. The normalized spacial score (nSPS) is 18.6. The molecule has 1 fully saturated rings. The number of hydrogen-bond acceptors (Lipinski definition) is 4. The molecule has 0 radical (unpaired) electrons. The Bertz CT molecular complexity index is 557. The first kappa shape index (κ1) is 14.0. The number of aliphatic carboxylic acids is 1. The number of carboxylic acid groups (broad SMARTS) is 1. The molecule has 0 unspecified atom stereocenters. The second kappa shape index (κ2) is 5.68. The van der Waals surface area contributed by atoms with E-state index in [-0.39, 0.29) is 11.3 Å². The summed E-state index contributed by atoms with van der Waals surface area (Å²) >= 11 is 0. The van der Waals surface area contributed by atoms with Crippen LogP contribution in [0.2, 0.25) is 0 Å². The first-order chi connectivity index (χ1) is 9.50. The average Bonchev–Trinajstić information content (AvgIpc) is 2.46. The van der Waals surface area contributed by atoms with Gasteiger partial charge in [0.1, 0.15) is 6.04 Å². The van der Waals surface area contributed by atoms with E-state index in [1.165, 1.54) is 29.2 Å². The summed E-state index contributed by atoms with van der Waals surface area (Å²) in [6.45, 7) is 0.360. The van der Waals surface area contributed by atoms with Crippen molar-refractivity contribution in [1.29, 1.82) is 0 Å². The summed E-state index contributed by atoms with van der Waals surface area (Å²) in [4.78, 5) is 34.9. The average molecular weight is 278 g/mol. The van der Waals surface area contributed by atoms with Crippen molar-refractivity contribution in [1.82, 2.24) is 4.90 Å². The van der Waals surface area contributed by atoms with Crippen LogP contribution >= 0.6 is 0 Å². The van der Waals surface area contributed by atoms with Crippen molar-refractivity contribution in [3.05, 3.63) is 39.9 Å². The van der Waals surface area contributed by atoms with Gasteiger partial charge < -0.3 is 10.0 Å². The van der Waals surface area contributed by atoms with Gasteiger partial charge in [0.15, 0.2) is 0 Å². The summed E-state index contributed by atoms with van der Waals surface area (Å²) < 4.78 is 0. The summed E-state index contributed by atoms with van der Waals surface area (Å²) in [5, 5.41) is 19.9. The molecule has 1 N–H and O–H groups in total. The molecule has 7 nitrogen and oxygen atoms in total. The van der Waals surface area contributed by atoms with Gasteiger partial charge in [0, 0.05) is 24.2 Å². The molecule has 0 aromatic heterocycles. The molecule has 0 spiro atoms. The van der Waals surface area contributed by atoms with E-state index in [4.69, 9.17) is 5.11 Å². The molecule has 20 heavy (non-hydrogen) atoms. The Hall–Kier alpha value is -2.44. The van der Waals surface area contributed by atoms with Crippen LogP contribution in [-0.4, -0.2) is 39.4 Å². The highest BCUT2D eigenvalue weighted by molar-refractivity contribution is 5.97. The number of hydrogen-bond donors (Lipinski definition) is 1. The van der Waals surface area contributed by atoms with Gasteiger partial charge in [-0.1, -0.05) is 6.07 Å². The van der Waals surface area contributed by atoms with Gasteiger partial charge in [-0.15, -0.1) is 0 Å². The monoisotopic (exact) mass is 278 g/mol. The molecular weight excluding hydrogens is 264 g/mol. The minimum absolute atomic E-state index is 0.146. The molecule has 1 atom stereocenters. The third-order valence-corrected chi connectivity index (χ3v) is 3.35. The molecule has 0 bridgehead atoms. The number of rotatable bonds is 3. The number of likely N-dealkylation sites (tertiary alicyclic amines) is 1. The number of nitro benzene ring substituents is 1. The van der Waals surface area contributed by atoms with Crippen LogP contribution in [0.5, 0.6) is 0 Å². The maximum atomic E-state index is 12.3. The predicted octanol–water partition coefficient (Wildman–Crippen LogP) is 1.67. The Labute approximate surface area is 115 Å². The minimum atomic E-state index is -1.04. The molecule has 1 amide bonds. The van der Waals surface area contributed by atoms with E-state index in [2.05, 4.69) is 0 Å². The number of amides is 1. The second-order valence-corrected chi connectivity index (χ2v) is 4.66. The molecule has 1 aliphatic heterocycles. The van der Waals surface area contributed by atoms with Crippen molar-refractivity contribution in [3.63, 3.8) is 0 Å². The van der Waals surface area contributed by atoms with Gasteiger partial charge in [-0.25, -0.2) is 4.79 Å². The van der Waals surface area contributed by atoms with Crippen molar-refractivity contribution in [2.24, 2.45) is 0 Å². The van der Waals surface area contributed by atoms with Crippen LogP contribution in [0.4, 0.5) is 5.69 Å². The van der Waals surface area contributed by atoms with Crippen molar-refractivity contribution in [2.45, 2.75) is 25.3 Å². The molecule has 1 aliphatic rings. The summed E-state index contributed by atoms with van der Waals surface area (Å²) in [5.41, 5.74) is -0.0351. The van der Waals surface area contributed by atoms with Gasteiger partial charge in [0.25, 0.3) is 11.6 Å². The molecule has 1 saturated heterocycles. The Morgan fingerprint density at radius 1 is 1.35 bits per heavy atom. The fourth-order valence-corrected chi connectivity index (χ4v) is 2.35. The molecule has 0 saturated carbocycles. The molecule has 1 heterocycles. The highest BCUT2D eigenvalue weighted by Crippen LogP contribution is 2.21. The van der Waals surface area contributed by atoms with Gasteiger partial charge in [-0.2, -0.15) is 0 Å². The molecule has 1 aromatic rings. The summed E-state index contributed by atoms with van der Waals surface area (Å²) in [7, 11) is 0. The molecule has 7 heteroatoms. The zero-order valence-electron chi connectivity index (χ0n) is 10.7. The number of benzene rings is 1. The van der Waals surface area contributed by atoms with Gasteiger partial charge in [0.05, 0.1) is 4.92 Å². The smallest absolute Gasteiger partial charge is 0.326 e. The maximum Gasteiger partial charge on any atom is 0.326 e. The van der Waals surface area contributed by atoms with Crippen LogP contribution in [0.15, 0.2) is 24.3 Å². The summed E-state index contributed by atoms with van der Waals surface area (Å²) in [6, 6.07) is 4.50. The fraction of sp³-hybridized carbons (Fsp3) is 0.385. The van der Waals surface area contributed by atoms with Gasteiger partial charge in [0.2, 0.25) is 0 Å². The van der Waals surface area contributed by atoms with E-state index in [9.17, 15) is 19.7 Å². The van der Waals surface area contributed by atoms with Crippen LogP contribution in [0, 0.1) is 10.1 Å². The van der Waals surface area contributed by atoms with Crippen molar-refractivity contribution in [3.8, 4) is 0 Å². The highest BCUT2D eigenvalue weighted by Gasteiger charge is 2.32. The zero-order valence-corrected chi connectivity index (χ0v) is 10.7. The second-order valence-electron chi connectivity index (χ2n) is 4.66. The van der Waals surface area contributed by atoms with Crippen LogP contribution in [0.1, 0.15) is 29.6 Å². The van der Waals surface area contributed by atoms with E-state index in [0.29, 0.717) is 13.0 Å². The maximum absolute atomic E-state index is 12.3. The SMILES string of the molecule is O=C(O)[C@@H]1CCCCN1C(=O)c1cccc([N+](=O)[O-])c1.